The topological polar surface area (TPSA) is 40.5 Å². The zero-order valence-electron chi connectivity index (χ0n) is 9.89. The molecule has 0 bridgehead atoms. The molecule has 0 heterocycles. The molecule has 0 aliphatic heterocycles. The van der Waals surface area contributed by atoms with Crippen LogP contribution < -0.4 is 0 Å². The number of nitrogens with zero attached hydrogens (tertiary/aromatic N) is 1. The summed E-state index contributed by atoms with van der Waals surface area (Å²) in [5, 5.41) is 9.11. The highest BCUT2D eigenvalue weighted by atomic mass is 16.4. The molecule has 1 unspecified atom stereocenters. The zero-order chi connectivity index (χ0) is 12.0. The largest absolute Gasteiger partial charge is 0.480 e. The number of rotatable bonds is 6. The number of carboxylic acid groups (broad SMARTS) is 1. The van der Waals surface area contributed by atoms with Gasteiger partial charge in [0.2, 0.25) is 0 Å². The van der Waals surface area contributed by atoms with E-state index in [0.29, 0.717) is 13.0 Å². The zero-order valence-corrected chi connectivity index (χ0v) is 9.89. The Kier molecular flexibility index (Phi) is 4.99. The first kappa shape index (κ1) is 12.7. The van der Waals surface area contributed by atoms with Gasteiger partial charge >= 0.3 is 5.97 Å². The van der Waals surface area contributed by atoms with Crippen molar-refractivity contribution in [2.45, 2.75) is 32.4 Å². The van der Waals surface area contributed by atoms with Crippen LogP contribution in [-0.4, -0.2) is 29.1 Å². The second-order valence-corrected chi connectivity index (χ2v) is 4.04. The van der Waals surface area contributed by atoms with Gasteiger partial charge in [0, 0.05) is 6.54 Å². The highest BCUT2D eigenvalue weighted by Gasteiger charge is 2.21. The summed E-state index contributed by atoms with van der Waals surface area (Å²) < 4.78 is 0. The van der Waals surface area contributed by atoms with Crippen LogP contribution in [0.5, 0.6) is 0 Å². The summed E-state index contributed by atoms with van der Waals surface area (Å²) in [6.45, 7) is 2.68. The van der Waals surface area contributed by atoms with E-state index in [9.17, 15) is 4.79 Å². The van der Waals surface area contributed by atoms with E-state index in [4.69, 9.17) is 5.11 Å². The molecule has 0 fully saturated rings. The fraction of sp³-hybridized carbons (Fsp3) is 0.462. The molecule has 0 aliphatic carbocycles. The number of hydrogen-bond donors (Lipinski definition) is 1. The van der Waals surface area contributed by atoms with E-state index in [0.717, 1.165) is 12.0 Å². The van der Waals surface area contributed by atoms with Gasteiger partial charge in [-0.25, -0.2) is 0 Å². The average Bonchev–Trinajstić information content (AvgIpc) is 2.26. The molecule has 1 aromatic carbocycles. The van der Waals surface area contributed by atoms with Crippen LogP contribution in [0.4, 0.5) is 0 Å². The third-order valence-electron chi connectivity index (χ3n) is 2.65. The maximum absolute atomic E-state index is 11.1. The van der Waals surface area contributed by atoms with Crippen LogP contribution in [0.3, 0.4) is 0 Å². The van der Waals surface area contributed by atoms with Crippen molar-refractivity contribution in [3.63, 3.8) is 0 Å². The lowest BCUT2D eigenvalue weighted by Gasteiger charge is -2.24. The van der Waals surface area contributed by atoms with Crippen molar-refractivity contribution in [3.05, 3.63) is 35.9 Å². The molecule has 0 aliphatic rings. The van der Waals surface area contributed by atoms with Crippen LogP contribution >= 0.6 is 0 Å². The molecule has 0 saturated heterocycles. The second-order valence-electron chi connectivity index (χ2n) is 4.04. The standard InChI is InChI=1S/C13H19NO2/c1-3-7-12(13(15)16)14(2)10-11-8-5-4-6-9-11/h4-6,8-9,12H,3,7,10H2,1-2H3,(H,15,16). The minimum Gasteiger partial charge on any atom is -0.480 e. The Balaban J connectivity index is 2.62. The Hall–Kier alpha value is -1.35. The number of likely N-dealkylation sites (N-methyl/N-ethyl adjacent to an activating group) is 1. The lowest BCUT2D eigenvalue weighted by molar-refractivity contribution is -0.143. The highest BCUT2D eigenvalue weighted by molar-refractivity contribution is 5.73. The van der Waals surface area contributed by atoms with Gasteiger partial charge < -0.3 is 5.11 Å². The van der Waals surface area contributed by atoms with Crippen LogP contribution in [0, 0.1) is 0 Å². The third-order valence-corrected chi connectivity index (χ3v) is 2.65. The molecule has 1 rings (SSSR count). The minimum atomic E-state index is -0.736. The van der Waals surface area contributed by atoms with E-state index in [1.807, 2.05) is 49.2 Å². The summed E-state index contributed by atoms with van der Waals surface area (Å²) in [5.41, 5.74) is 1.15. The van der Waals surface area contributed by atoms with Crippen molar-refractivity contribution < 1.29 is 9.90 Å². The van der Waals surface area contributed by atoms with Gasteiger partial charge in [-0.15, -0.1) is 0 Å². The number of carboxylic acids is 1. The monoisotopic (exact) mass is 221 g/mol. The molecule has 0 amide bonds. The molecule has 0 aromatic heterocycles. The van der Waals surface area contributed by atoms with Crippen molar-refractivity contribution in [2.75, 3.05) is 7.05 Å². The lowest BCUT2D eigenvalue weighted by atomic mass is 10.1. The van der Waals surface area contributed by atoms with Crippen LogP contribution in [0.1, 0.15) is 25.3 Å². The summed E-state index contributed by atoms with van der Waals surface area (Å²) in [6.07, 6.45) is 1.58. The molecule has 0 saturated carbocycles. The smallest absolute Gasteiger partial charge is 0.320 e. The molecular formula is C13H19NO2. The SMILES string of the molecule is CCCC(C(=O)O)N(C)Cc1ccccc1. The van der Waals surface area contributed by atoms with Gasteiger partial charge in [0.25, 0.3) is 0 Å². The Morgan fingerprint density at radius 2 is 2.00 bits per heavy atom. The van der Waals surface area contributed by atoms with Crippen molar-refractivity contribution in [2.24, 2.45) is 0 Å². The van der Waals surface area contributed by atoms with Crippen molar-refractivity contribution in [1.82, 2.24) is 4.90 Å². The van der Waals surface area contributed by atoms with Crippen LogP contribution in [0.15, 0.2) is 30.3 Å². The fourth-order valence-corrected chi connectivity index (χ4v) is 1.79. The molecule has 88 valence electrons. The van der Waals surface area contributed by atoms with E-state index in [2.05, 4.69) is 0 Å². The Bertz CT molecular complexity index is 324. The van der Waals surface area contributed by atoms with Gasteiger partial charge in [0.05, 0.1) is 0 Å². The van der Waals surface area contributed by atoms with E-state index in [-0.39, 0.29) is 6.04 Å². The molecule has 16 heavy (non-hydrogen) atoms. The first-order valence-electron chi connectivity index (χ1n) is 5.62. The molecule has 0 radical (unpaired) electrons. The molecule has 3 nitrogen and oxygen atoms in total. The molecule has 0 spiro atoms. The number of carbonyl (C=O) groups is 1. The molecule has 1 N–H and O–H groups in total. The fourth-order valence-electron chi connectivity index (χ4n) is 1.79. The van der Waals surface area contributed by atoms with Crippen molar-refractivity contribution in [3.8, 4) is 0 Å². The quantitative estimate of drug-likeness (QED) is 0.801. The summed E-state index contributed by atoms with van der Waals surface area (Å²) in [6, 6.07) is 9.55. The second kappa shape index (κ2) is 6.28. The maximum Gasteiger partial charge on any atom is 0.320 e. The summed E-state index contributed by atoms with van der Waals surface area (Å²) in [5.74, 6) is -0.736. The van der Waals surface area contributed by atoms with Gasteiger partial charge in [-0.1, -0.05) is 43.7 Å². The summed E-state index contributed by atoms with van der Waals surface area (Å²) in [7, 11) is 1.86. The lowest BCUT2D eigenvalue weighted by Crippen LogP contribution is -2.37. The van der Waals surface area contributed by atoms with E-state index in [1.165, 1.54) is 0 Å². The van der Waals surface area contributed by atoms with Crippen LogP contribution in [0.2, 0.25) is 0 Å². The first-order chi connectivity index (χ1) is 7.65. The summed E-state index contributed by atoms with van der Waals surface area (Å²) >= 11 is 0. The Morgan fingerprint density at radius 1 is 1.38 bits per heavy atom. The normalized spacial score (nSPS) is 12.7. The number of benzene rings is 1. The van der Waals surface area contributed by atoms with Gasteiger partial charge in [0.15, 0.2) is 0 Å². The molecule has 3 heteroatoms. The number of aliphatic carboxylic acids is 1. The summed E-state index contributed by atoms with van der Waals surface area (Å²) in [4.78, 5) is 13.0. The third kappa shape index (κ3) is 3.66. The van der Waals surface area contributed by atoms with Gasteiger partial charge in [-0.2, -0.15) is 0 Å². The highest BCUT2D eigenvalue weighted by Crippen LogP contribution is 2.10. The Labute approximate surface area is 96.7 Å². The van der Waals surface area contributed by atoms with Crippen LogP contribution in [-0.2, 0) is 11.3 Å². The predicted octanol–water partition coefficient (Wildman–Crippen LogP) is 2.37. The van der Waals surface area contributed by atoms with Crippen LogP contribution in [0.25, 0.3) is 0 Å². The molecule has 1 atom stereocenters. The van der Waals surface area contributed by atoms with Gasteiger partial charge in [-0.3, -0.25) is 9.69 Å². The predicted molar refractivity (Wildman–Crippen MR) is 64.2 cm³/mol. The molecule has 1 aromatic rings. The van der Waals surface area contributed by atoms with E-state index < -0.39 is 5.97 Å². The number of hydrogen-bond acceptors (Lipinski definition) is 2. The first-order valence-corrected chi connectivity index (χ1v) is 5.62. The minimum absolute atomic E-state index is 0.384. The molecular weight excluding hydrogens is 202 g/mol. The maximum atomic E-state index is 11.1. The average molecular weight is 221 g/mol. The van der Waals surface area contributed by atoms with E-state index in [1.54, 1.807) is 0 Å². The van der Waals surface area contributed by atoms with Gasteiger partial charge in [0.1, 0.15) is 6.04 Å². The van der Waals surface area contributed by atoms with Gasteiger partial charge in [-0.05, 0) is 19.0 Å². The Morgan fingerprint density at radius 3 is 2.50 bits per heavy atom. The van der Waals surface area contributed by atoms with Crippen molar-refractivity contribution in [1.29, 1.82) is 0 Å². The van der Waals surface area contributed by atoms with Crippen molar-refractivity contribution >= 4 is 5.97 Å². The van der Waals surface area contributed by atoms with E-state index >= 15 is 0 Å².